The van der Waals surface area contributed by atoms with Gasteiger partial charge in [-0.1, -0.05) is 24.3 Å². The zero-order valence-corrected chi connectivity index (χ0v) is 10.3. The third-order valence-corrected chi connectivity index (χ3v) is 3.04. The van der Waals surface area contributed by atoms with Crippen molar-refractivity contribution in [2.75, 3.05) is 6.54 Å². The van der Waals surface area contributed by atoms with Crippen LogP contribution in [0.4, 0.5) is 8.78 Å². The molecular formula is C15H15F2NO. The Kier molecular flexibility index (Phi) is 4.24. The summed E-state index contributed by atoms with van der Waals surface area (Å²) in [5, 5.41) is 10.0. The number of nitrogens with two attached hydrogens (primary N) is 1. The smallest absolute Gasteiger partial charge is 0.123 e. The predicted octanol–water partition coefficient (Wildman–Crippen LogP) is 2.42. The van der Waals surface area contributed by atoms with Crippen molar-refractivity contribution in [3.05, 3.63) is 71.3 Å². The lowest BCUT2D eigenvalue weighted by Gasteiger charge is -2.23. The molecule has 0 aliphatic heterocycles. The molecule has 0 saturated heterocycles. The topological polar surface area (TPSA) is 46.2 Å². The van der Waals surface area contributed by atoms with E-state index in [9.17, 15) is 13.9 Å². The summed E-state index contributed by atoms with van der Waals surface area (Å²) in [4.78, 5) is 0. The second-order valence-electron chi connectivity index (χ2n) is 4.39. The molecule has 1 unspecified atom stereocenters. The number of halogens is 2. The number of benzene rings is 2. The van der Waals surface area contributed by atoms with E-state index in [1.165, 1.54) is 24.3 Å². The van der Waals surface area contributed by atoms with E-state index in [0.29, 0.717) is 11.1 Å². The second-order valence-corrected chi connectivity index (χ2v) is 4.39. The normalized spacial score (nSPS) is 12.7. The molecule has 0 aliphatic rings. The van der Waals surface area contributed by atoms with E-state index in [1.807, 2.05) is 0 Å². The average Bonchev–Trinajstić information content (AvgIpc) is 2.39. The van der Waals surface area contributed by atoms with E-state index in [0.717, 1.165) is 0 Å². The molecule has 0 radical (unpaired) electrons. The Labute approximate surface area is 110 Å². The quantitative estimate of drug-likeness (QED) is 0.890. The average molecular weight is 263 g/mol. The lowest BCUT2D eigenvalue weighted by molar-refractivity contribution is 0.164. The van der Waals surface area contributed by atoms with Gasteiger partial charge in [-0.05, 0) is 35.4 Å². The van der Waals surface area contributed by atoms with Crippen molar-refractivity contribution in [2.45, 2.75) is 12.0 Å². The summed E-state index contributed by atoms with van der Waals surface area (Å²) in [6.07, 6.45) is -0.899. The summed E-state index contributed by atoms with van der Waals surface area (Å²) < 4.78 is 26.6. The molecule has 4 heteroatoms. The third-order valence-electron chi connectivity index (χ3n) is 3.04. The van der Waals surface area contributed by atoms with E-state index in [2.05, 4.69) is 0 Å². The Hall–Kier alpha value is -1.78. The highest BCUT2D eigenvalue weighted by molar-refractivity contribution is 5.34. The molecule has 3 N–H and O–H groups in total. The summed E-state index contributed by atoms with van der Waals surface area (Å²) in [5.41, 5.74) is 6.63. The number of aliphatic hydroxyl groups is 1. The summed E-state index contributed by atoms with van der Waals surface area (Å²) in [6, 6.07) is 11.8. The van der Waals surface area contributed by atoms with Crippen molar-refractivity contribution in [2.24, 2.45) is 5.73 Å². The van der Waals surface area contributed by atoms with Gasteiger partial charge in [0.15, 0.2) is 0 Å². The Morgan fingerprint density at radius 2 is 1.42 bits per heavy atom. The standard InChI is InChI=1S/C15H15F2NO/c16-12-5-1-3-10(7-12)15(14(19)9-18)11-4-2-6-13(17)8-11/h1-8,14-15,19H,9,18H2. The summed E-state index contributed by atoms with van der Waals surface area (Å²) >= 11 is 0. The molecule has 0 amide bonds. The summed E-state index contributed by atoms with van der Waals surface area (Å²) in [7, 11) is 0. The largest absolute Gasteiger partial charge is 0.391 e. The van der Waals surface area contributed by atoms with Crippen LogP contribution >= 0.6 is 0 Å². The molecule has 2 nitrogen and oxygen atoms in total. The predicted molar refractivity (Wildman–Crippen MR) is 69.7 cm³/mol. The van der Waals surface area contributed by atoms with Gasteiger partial charge in [0.1, 0.15) is 11.6 Å². The zero-order valence-electron chi connectivity index (χ0n) is 10.3. The zero-order chi connectivity index (χ0) is 13.8. The van der Waals surface area contributed by atoms with E-state index >= 15 is 0 Å². The van der Waals surface area contributed by atoms with Gasteiger partial charge in [-0.3, -0.25) is 0 Å². The van der Waals surface area contributed by atoms with Crippen molar-refractivity contribution in [3.8, 4) is 0 Å². The Morgan fingerprint density at radius 1 is 0.947 bits per heavy atom. The fourth-order valence-corrected chi connectivity index (χ4v) is 2.17. The van der Waals surface area contributed by atoms with Crippen LogP contribution in [-0.4, -0.2) is 17.8 Å². The van der Waals surface area contributed by atoms with Gasteiger partial charge >= 0.3 is 0 Å². The fraction of sp³-hybridized carbons (Fsp3) is 0.200. The highest BCUT2D eigenvalue weighted by Gasteiger charge is 2.22. The second kappa shape index (κ2) is 5.91. The summed E-state index contributed by atoms with van der Waals surface area (Å²) in [6.45, 7) is 0.0116. The minimum atomic E-state index is -0.899. The van der Waals surface area contributed by atoms with Crippen molar-refractivity contribution < 1.29 is 13.9 Å². The molecule has 19 heavy (non-hydrogen) atoms. The van der Waals surface area contributed by atoms with Crippen LogP contribution in [0.5, 0.6) is 0 Å². The van der Waals surface area contributed by atoms with Crippen LogP contribution in [0, 0.1) is 11.6 Å². The Balaban J connectivity index is 2.47. The van der Waals surface area contributed by atoms with Gasteiger partial charge < -0.3 is 10.8 Å². The van der Waals surface area contributed by atoms with Gasteiger partial charge in [0.2, 0.25) is 0 Å². The fourth-order valence-electron chi connectivity index (χ4n) is 2.17. The molecule has 0 bridgehead atoms. The van der Waals surface area contributed by atoms with Gasteiger partial charge in [-0.15, -0.1) is 0 Å². The lowest BCUT2D eigenvalue weighted by atomic mass is 9.86. The Morgan fingerprint density at radius 3 is 1.79 bits per heavy atom. The molecule has 0 aliphatic carbocycles. The van der Waals surface area contributed by atoms with Crippen LogP contribution in [0.2, 0.25) is 0 Å². The van der Waals surface area contributed by atoms with Crippen molar-refractivity contribution in [3.63, 3.8) is 0 Å². The minimum Gasteiger partial charge on any atom is -0.391 e. The highest BCUT2D eigenvalue weighted by atomic mass is 19.1. The van der Waals surface area contributed by atoms with Gasteiger partial charge in [0.05, 0.1) is 6.10 Å². The van der Waals surface area contributed by atoms with Crippen molar-refractivity contribution in [1.29, 1.82) is 0 Å². The molecule has 1 atom stereocenters. The maximum absolute atomic E-state index is 13.3. The molecule has 0 fully saturated rings. The van der Waals surface area contributed by atoms with Crippen LogP contribution < -0.4 is 5.73 Å². The molecule has 0 spiro atoms. The minimum absolute atomic E-state index is 0.0116. The van der Waals surface area contributed by atoms with Crippen molar-refractivity contribution in [1.82, 2.24) is 0 Å². The first-order valence-electron chi connectivity index (χ1n) is 6.01. The van der Waals surface area contributed by atoms with E-state index in [4.69, 9.17) is 5.73 Å². The third kappa shape index (κ3) is 3.16. The van der Waals surface area contributed by atoms with Crippen LogP contribution in [0.1, 0.15) is 17.0 Å². The van der Waals surface area contributed by atoms with Crippen LogP contribution in [0.25, 0.3) is 0 Å². The maximum Gasteiger partial charge on any atom is 0.123 e. The molecule has 2 aromatic carbocycles. The summed E-state index contributed by atoms with van der Waals surface area (Å²) in [5.74, 6) is -1.34. The highest BCUT2D eigenvalue weighted by Crippen LogP contribution is 2.28. The monoisotopic (exact) mass is 263 g/mol. The molecule has 0 heterocycles. The van der Waals surface area contributed by atoms with E-state index in [-0.39, 0.29) is 6.54 Å². The molecule has 2 aromatic rings. The van der Waals surface area contributed by atoms with Crippen LogP contribution in [0.15, 0.2) is 48.5 Å². The van der Waals surface area contributed by atoms with E-state index < -0.39 is 23.7 Å². The molecule has 0 aromatic heterocycles. The molecule has 2 rings (SSSR count). The first-order chi connectivity index (χ1) is 9.11. The van der Waals surface area contributed by atoms with Crippen LogP contribution in [-0.2, 0) is 0 Å². The van der Waals surface area contributed by atoms with Gasteiger partial charge in [0, 0.05) is 12.5 Å². The number of rotatable bonds is 4. The van der Waals surface area contributed by atoms with Crippen LogP contribution in [0.3, 0.4) is 0 Å². The van der Waals surface area contributed by atoms with Gasteiger partial charge in [-0.25, -0.2) is 8.78 Å². The number of hydrogen-bond donors (Lipinski definition) is 2. The van der Waals surface area contributed by atoms with Gasteiger partial charge in [0.25, 0.3) is 0 Å². The number of hydrogen-bond acceptors (Lipinski definition) is 2. The molecule has 100 valence electrons. The van der Waals surface area contributed by atoms with E-state index in [1.54, 1.807) is 24.3 Å². The Bertz CT molecular complexity index is 514. The van der Waals surface area contributed by atoms with Crippen molar-refractivity contribution >= 4 is 0 Å². The maximum atomic E-state index is 13.3. The number of aliphatic hydroxyl groups excluding tert-OH is 1. The van der Waals surface area contributed by atoms with Gasteiger partial charge in [-0.2, -0.15) is 0 Å². The molecular weight excluding hydrogens is 248 g/mol. The molecule has 0 saturated carbocycles. The first kappa shape index (κ1) is 13.6. The first-order valence-corrected chi connectivity index (χ1v) is 6.01. The lowest BCUT2D eigenvalue weighted by Crippen LogP contribution is -2.28. The SMILES string of the molecule is NCC(O)C(c1cccc(F)c1)c1cccc(F)c1.